The van der Waals surface area contributed by atoms with Crippen molar-refractivity contribution < 1.29 is 9.53 Å². The second-order valence-electron chi connectivity index (χ2n) is 7.70. The van der Waals surface area contributed by atoms with E-state index in [1.165, 1.54) is 38.2 Å². The number of rotatable bonds is 10. The summed E-state index contributed by atoms with van der Waals surface area (Å²) in [6.07, 6.45) is 7.10. The lowest BCUT2D eigenvalue weighted by Crippen LogP contribution is -2.39. The third-order valence-corrected chi connectivity index (χ3v) is 5.40. The number of carbonyl (C=O) groups excluding carboxylic acids is 1. The van der Waals surface area contributed by atoms with Crippen LogP contribution in [0.1, 0.15) is 51.5 Å². The maximum Gasteiger partial charge on any atom is 0.221 e. The Labute approximate surface area is 169 Å². The van der Waals surface area contributed by atoms with E-state index in [9.17, 15) is 4.79 Å². The molecule has 1 amide bonds. The number of anilines is 1. The molecule has 0 heterocycles. The van der Waals surface area contributed by atoms with Gasteiger partial charge in [-0.15, -0.1) is 0 Å². The number of methoxy groups -OCH3 is 1. The van der Waals surface area contributed by atoms with E-state index in [1.807, 2.05) is 12.1 Å². The van der Waals surface area contributed by atoms with E-state index >= 15 is 0 Å². The van der Waals surface area contributed by atoms with E-state index in [0.717, 1.165) is 50.7 Å². The minimum atomic E-state index is -0.0496. The van der Waals surface area contributed by atoms with Crippen molar-refractivity contribution in [3.05, 3.63) is 29.8 Å². The quantitative estimate of drug-likeness (QED) is 0.424. The first-order valence-corrected chi connectivity index (χ1v) is 10.4. The zero-order chi connectivity index (χ0) is 20.2. The normalized spacial score (nSPS) is 16.0. The van der Waals surface area contributed by atoms with Crippen molar-refractivity contribution in [1.82, 2.24) is 10.6 Å². The van der Waals surface area contributed by atoms with Crippen molar-refractivity contribution in [1.29, 1.82) is 0 Å². The van der Waals surface area contributed by atoms with E-state index in [4.69, 9.17) is 9.73 Å². The zero-order valence-corrected chi connectivity index (χ0v) is 17.6. The number of ether oxygens (including phenoxy) is 1. The van der Waals surface area contributed by atoms with Gasteiger partial charge in [-0.2, -0.15) is 0 Å². The van der Waals surface area contributed by atoms with Crippen LogP contribution in [-0.4, -0.2) is 45.2 Å². The van der Waals surface area contributed by atoms with Crippen molar-refractivity contribution in [2.75, 3.05) is 38.7 Å². The summed E-state index contributed by atoms with van der Waals surface area (Å²) in [5.74, 6) is 0.840. The van der Waals surface area contributed by atoms with Gasteiger partial charge in [-0.3, -0.25) is 9.79 Å². The van der Waals surface area contributed by atoms with E-state index in [0.29, 0.717) is 5.41 Å². The molecule has 0 aliphatic heterocycles. The zero-order valence-electron chi connectivity index (χ0n) is 17.6. The van der Waals surface area contributed by atoms with Gasteiger partial charge in [0, 0.05) is 46.0 Å². The van der Waals surface area contributed by atoms with Gasteiger partial charge in [0.25, 0.3) is 0 Å². The van der Waals surface area contributed by atoms with E-state index in [2.05, 4.69) is 35.0 Å². The van der Waals surface area contributed by atoms with E-state index in [-0.39, 0.29) is 5.91 Å². The summed E-state index contributed by atoms with van der Waals surface area (Å²) < 4.78 is 5.32. The molecule has 0 aromatic heterocycles. The lowest BCUT2D eigenvalue weighted by molar-refractivity contribution is -0.114. The van der Waals surface area contributed by atoms with Crippen LogP contribution >= 0.6 is 0 Å². The van der Waals surface area contributed by atoms with Gasteiger partial charge in [-0.05, 0) is 55.7 Å². The summed E-state index contributed by atoms with van der Waals surface area (Å²) in [5, 5.41) is 9.60. The molecule has 6 heteroatoms. The molecule has 156 valence electrons. The highest BCUT2D eigenvalue weighted by molar-refractivity contribution is 5.88. The Kier molecular flexibility index (Phi) is 9.28. The molecule has 0 saturated heterocycles. The molecule has 28 heavy (non-hydrogen) atoms. The molecule has 1 aliphatic rings. The van der Waals surface area contributed by atoms with Gasteiger partial charge in [-0.25, -0.2) is 0 Å². The van der Waals surface area contributed by atoms with Gasteiger partial charge in [0.05, 0.1) is 0 Å². The molecule has 1 aromatic carbocycles. The molecule has 1 aliphatic carbocycles. The van der Waals surface area contributed by atoms with Crippen LogP contribution in [0.5, 0.6) is 0 Å². The maximum atomic E-state index is 11.1. The highest BCUT2D eigenvalue weighted by atomic mass is 16.5. The van der Waals surface area contributed by atoms with Crippen molar-refractivity contribution in [3.8, 4) is 0 Å². The van der Waals surface area contributed by atoms with Crippen molar-refractivity contribution in [2.45, 2.75) is 52.4 Å². The predicted molar refractivity (Wildman–Crippen MR) is 116 cm³/mol. The van der Waals surface area contributed by atoms with Gasteiger partial charge in [0.2, 0.25) is 5.91 Å². The van der Waals surface area contributed by atoms with E-state index in [1.54, 1.807) is 7.11 Å². The fraction of sp³-hybridized carbons (Fsp3) is 0.636. The summed E-state index contributed by atoms with van der Waals surface area (Å²) >= 11 is 0. The third-order valence-electron chi connectivity index (χ3n) is 5.40. The van der Waals surface area contributed by atoms with Gasteiger partial charge in [0.15, 0.2) is 5.96 Å². The minimum absolute atomic E-state index is 0.0496. The summed E-state index contributed by atoms with van der Waals surface area (Å²) in [5.41, 5.74) is 2.36. The Bertz CT molecular complexity index is 622. The molecular formula is C22H36N4O2. The largest absolute Gasteiger partial charge is 0.385 e. The Morgan fingerprint density at radius 1 is 1.18 bits per heavy atom. The van der Waals surface area contributed by atoms with Gasteiger partial charge < -0.3 is 20.7 Å². The summed E-state index contributed by atoms with van der Waals surface area (Å²) in [7, 11) is 1.78. The summed E-state index contributed by atoms with van der Waals surface area (Å²) in [4.78, 5) is 16.0. The molecule has 6 nitrogen and oxygen atoms in total. The van der Waals surface area contributed by atoms with Gasteiger partial charge >= 0.3 is 0 Å². The SMILES string of the molecule is CCNC(=NCC1(CCOC)CCCC1)NCCc1ccc(NC(C)=O)cc1. The molecule has 0 atom stereocenters. The number of aliphatic imine (C=N–C) groups is 1. The number of amides is 1. The standard InChI is InChI=1S/C22H36N4O2/c1-4-23-21(25-17-22(14-16-28-3)12-5-6-13-22)24-15-11-19-7-9-20(10-8-19)26-18(2)27/h7-10H,4-6,11-17H2,1-3H3,(H,26,27)(H2,23,24,25). The number of nitrogens with zero attached hydrogens (tertiary/aromatic N) is 1. The number of nitrogens with one attached hydrogen (secondary N) is 3. The number of carbonyl (C=O) groups is 1. The molecule has 1 fully saturated rings. The molecule has 0 radical (unpaired) electrons. The van der Waals surface area contributed by atoms with Crippen LogP contribution in [0.25, 0.3) is 0 Å². The smallest absolute Gasteiger partial charge is 0.221 e. The molecule has 1 saturated carbocycles. The average Bonchev–Trinajstić information content (AvgIpc) is 3.15. The Morgan fingerprint density at radius 3 is 2.50 bits per heavy atom. The second-order valence-corrected chi connectivity index (χ2v) is 7.70. The number of benzene rings is 1. The monoisotopic (exact) mass is 388 g/mol. The Balaban J connectivity index is 1.86. The van der Waals surface area contributed by atoms with Crippen LogP contribution in [-0.2, 0) is 16.0 Å². The van der Waals surface area contributed by atoms with Crippen LogP contribution in [0.15, 0.2) is 29.3 Å². The highest BCUT2D eigenvalue weighted by Gasteiger charge is 2.33. The first-order chi connectivity index (χ1) is 13.6. The van der Waals surface area contributed by atoms with E-state index < -0.39 is 0 Å². The number of guanidine groups is 1. The topological polar surface area (TPSA) is 74.8 Å². The molecule has 3 N–H and O–H groups in total. The second kappa shape index (κ2) is 11.7. The number of hydrogen-bond acceptors (Lipinski definition) is 3. The van der Waals surface area contributed by atoms with Crippen LogP contribution in [0, 0.1) is 5.41 Å². The third kappa shape index (κ3) is 7.50. The van der Waals surface area contributed by atoms with Gasteiger partial charge in [-0.1, -0.05) is 25.0 Å². The number of hydrogen-bond donors (Lipinski definition) is 3. The van der Waals surface area contributed by atoms with Crippen LogP contribution in [0.3, 0.4) is 0 Å². The fourth-order valence-corrected chi connectivity index (χ4v) is 3.80. The predicted octanol–water partition coefficient (Wildman–Crippen LogP) is 3.34. The van der Waals surface area contributed by atoms with Crippen LogP contribution < -0.4 is 16.0 Å². The van der Waals surface area contributed by atoms with Crippen molar-refractivity contribution >= 4 is 17.6 Å². The van der Waals surface area contributed by atoms with Crippen LogP contribution in [0.2, 0.25) is 0 Å². The molecule has 2 rings (SSSR count). The molecule has 0 spiro atoms. The van der Waals surface area contributed by atoms with Crippen molar-refractivity contribution in [3.63, 3.8) is 0 Å². The first kappa shape index (κ1) is 22.2. The van der Waals surface area contributed by atoms with Gasteiger partial charge in [0.1, 0.15) is 0 Å². The molecule has 1 aromatic rings. The maximum absolute atomic E-state index is 11.1. The average molecular weight is 389 g/mol. The fourth-order valence-electron chi connectivity index (χ4n) is 3.80. The van der Waals surface area contributed by atoms with Crippen LogP contribution in [0.4, 0.5) is 5.69 Å². The lowest BCUT2D eigenvalue weighted by atomic mass is 9.83. The molecular weight excluding hydrogens is 352 g/mol. The first-order valence-electron chi connectivity index (χ1n) is 10.4. The Hall–Kier alpha value is -2.08. The molecule has 0 unspecified atom stereocenters. The lowest BCUT2D eigenvalue weighted by Gasteiger charge is -2.27. The highest BCUT2D eigenvalue weighted by Crippen LogP contribution is 2.41. The summed E-state index contributed by atoms with van der Waals surface area (Å²) in [6, 6.07) is 7.98. The molecule has 0 bridgehead atoms. The summed E-state index contributed by atoms with van der Waals surface area (Å²) in [6.45, 7) is 6.95. The minimum Gasteiger partial charge on any atom is -0.385 e. The Morgan fingerprint density at radius 2 is 1.89 bits per heavy atom. The van der Waals surface area contributed by atoms with Crippen molar-refractivity contribution in [2.24, 2.45) is 10.4 Å².